The van der Waals surface area contributed by atoms with Crippen LogP contribution < -0.4 is 14.2 Å². The number of para-hydroxylation sites is 1. The van der Waals surface area contributed by atoms with Gasteiger partial charge in [-0.3, -0.25) is 0 Å². The lowest BCUT2D eigenvalue weighted by Gasteiger charge is -2.43. The molecule has 1 aliphatic carbocycles. The Morgan fingerprint density at radius 2 is 1.76 bits per heavy atom. The molecule has 6 nitrogen and oxygen atoms in total. The summed E-state index contributed by atoms with van der Waals surface area (Å²) in [5.41, 5.74) is 2.41. The molecule has 1 saturated carbocycles. The van der Waals surface area contributed by atoms with Gasteiger partial charge >= 0.3 is 5.97 Å². The molecule has 0 bridgehead atoms. The molecule has 1 saturated heterocycles. The lowest BCUT2D eigenvalue weighted by molar-refractivity contribution is -0.0446. The fourth-order valence-corrected chi connectivity index (χ4v) is 6.49. The molecule has 0 atom stereocenters. The van der Waals surface area contributed by atoms with Crippen molar-refractivity contribution in [2.75, 3.05) is 33.4 Å². The van der Waals surface area contributed by atoms with Gasteiger partial charge in [-0.2, -0.15) is 0 Å². The van der Waals surface area contributed by atoms with Crippen molar-refractivity contribution in [3.8, 4) is 17.2 Å². The van der Waals surface area contributed by atoms with E-state index in [1.807, 2.05) is 18.2 Å². The molecule has 0 unspecified atom stereocenters. The first-order valence-electron chi connectivity index (χ1n) is 12.7. The standard InChI is InChI=1S/C28H33NO5/c1-31-23-5-3-2-4-20(23)18-19-10-14-29(15-11-19)21-8-12-28(13-9-21)22-6-7-24-26(33-17-16-32-24)25(22)27(30)34-28/h2-7,19,21H,8-18H2,1H3. The molecule has 6 heteroatoms. The van der Waals surface area contributed by atoms with Gasteiger partial charge in [0.15, 0.2) is 11.5 Å². The Kier molecular flexibility index (Phi) is 5.64. The second kappa shape index (κ2) is 8.81. The van der Waals surface area contributed by atoms with Crippen LogP contribution in [-0.2, 0) is 16.8 Å². The van der Waals surface area contributed by atoms with Gasteiger partial charge in [-0.15, -0.1) is 0 Å². The number of likely N-dealkylation sites (tertiary alicyclic amines) is 1. The van der Waals surface area contributed by atoms with E-state index in [-0.39, 0.29) is 5.97 Å². The van der Waals surface area contributed by atoms with E-state index in [9.17, 15) is 4.79 Å². The second-order valence-electron chi connectivity index (χ2n) is 10.1. The number of ether oxygens (including phenoxy) is 4. The number of carbonyl (C=O) groups excluding carboxylic acids is 1. The number of benzene rings is 2. The summed E-state index contributed by atoms with van der Waals surface area (Å²) in [7, 11) is 1.76. The predicted octanol–water partition coefficient (Wildman–Crippen LogP) is 4.73. The predicted molar refractivity (Wildman–Crippen MR) is 128 cm³/mol. The summed E-state index contributed by atoms with van der Waals surface area (Å²) in [5, 5.41) is 0. The van der Waals surface area contributed by atoms with Crippen LogP contribution in [0.1, 0.15) is 60.0 Å². The zero-order valence-corrected chi connectivity index (χ0v) is 19.9. The van der Waals surface area contributed by atoms with Crippen molar-refractivity contribution in [2.45, 2.75) is 56.6 Å². The Morgan fingerprint density at radius 3 is 2.56 bits per heavy atom. The molecule has 0 radical (unpaired) electrons. The van der Waals surface area contributed by atoms with Crippen LogP contribution in [0.25, 0.3) is 0 Å². The molecule has 0 amide bonds. The maximum Gasteiger partial charge on any atom is 0.343 e. The molecule has 180 valence electrons. The van der Waals surface area contributed by atoms with E-state index >= 15 is 0 Å². The quantitative estimate of drug-likeness (QED) is 0.611. The number of fused-ring (bicyclic) bond motifs is 4. The van der Waals surface area contributed by atoms with Crippen molar-refractivity contribution in [2.24, 2.45) is 5.92 Å². The second-order valence-corrected chi connectivity index (χ2v) is 10.1. The number of methoxy groups -OCH3 is 1. The van der Waals surface area contributed by atoms with Gasteiger partial charge in [0.25, 0.3) is 0 Å². The van der Waals surface area contributed by atoms with Crippen molar-refractivity contribution in [1.82, 2.24) is 4.90 Å². The van der Waals surface area contributed by atoms with Gasteiger partial charge in [-0.05, 0) is 81.6 Å². The zero-order chi connectivity index (χ0) is 23.1. The molecule has 4 aliphatic rings. The number of esters is 1. The first-order chi connectivity index (χ1) is 16.7. The minimum atomic E-state index is -0.499. The van der Waals surface area contributed by atoms with Crippen LogP contribution >= 0.6 is 0 Å². The summed E-state index contributed by atoms with van der Waals surface area (Å²) >= 11 is 0. The minimum Gasteiger partial charge on any atom is -0.496 e. The maximum absolute atomic E-state index is 12.8. The van der Waals surface area contributed by atoms with Gasteiger partial charge in [0.1, 0.15) is 30.1 Å². The average molecular weight is 464 g/mol. The van der Waals surface area contributed by atoms with Gasteiger partial charge in [0.05, 0.1) is 7.11 Å². The summed E-state index contributed by atoms with van der Waals surface area (Å²) < 4.78 is 23.1. The van der Waals surface area contributed by atoms with Crippen LogP contribution in [0.15, 0.2) is 36.4 Å². The first-order valence-corrected chi connectivity index (χ1v) is 12.7. The summed E-state index contributed by atoms with van der Waals surface area (Å²) in [6.07, 6.45) is 7.39. The van der Waals surface area contributed by atoms with Crippen molar-refractivity contribution in [1.29, 1.82) is 0 Å². The smallest absolute Gasteiger partial charge is 0.343 e. The first kappa shape index (κ1) is 21.8. The lowest BCUT2D eigenvalue weighted by Crippen LogP contribution is -2.46. The minimum absolute atomic E-state index is 0.257. The fourth-order valence-electron chi connectivity index (χ4n) is 6.49. The molecule has 6 rings (SSSR count). The van der Waals surface area contributed by atoms with Crippen LogP contribution in [-0.4, -0.2) is 50.3 Å². The number of rotatable bonds is 4. The van der Waals surface area contributed by atoms with Gasteiger partial charge in [0, 0.05) is 11.6 Å². The highest BCUT2D eigenvalue weighted by molar-refractivity contribution is 5.98. The molecular weight excluding hydrogens is 430 g/mol. The van der Waals surface area contributed by atoms with Crippen LogP contribution in [0.4, 0.5) is 0 Å². The van der Waals surface area contributed by atoms with E-state index in [4.69, 9.17) is 18.9 Å². The Morgan fingerprint density at radius 1 is 1.00 bits per heavy atom. The van der Waals surface area contributed by atoms with E-state index in [0.29, 0.717) is 42.2 Å². The summed E-state index contributed by atoms with van der Waals surface area (Å²) in [4.78, 5) is 15.5. The summed E-state index contributed by atoms with van der Waals surface area (Å²) in [6, 6.07) is 12.9. The fraction of sp³-hybridized carbons (Fsp3) is 0.536. The largest absolute Gasteiger partial charge is 0.496 e. The van der Waals surface area contributed by atoms with Gasteiger partial charge in [-0.1, -0.05) is 24.3 Å². The molecular formula is C28H33NO5. The van der Waals surface area contributed by atoms with Crippen LogP contribution in [0.3, 0.4) is 0 Å². The maximum atomic E-state index is 12.8. The highest BCUT2D eigenvalue weighted by Crippen LogP contribution is 2.52. The monoisotopic (exact) mass is 463 g/mol. The third-order valence-corrected chi connectivity index (χ3v) is 8.32. The molecule has 0 N–H and O–H groups in total. The molecule has 3 heterocycles. The van der Waals surface area contributed by atoms with Crippen LogP contribution in [0.2, 0.25) is 0 Å². The third-order valence-electron chi connectivity index (χ3n) is 8.32. The van der Waals surface area contributed by atoms with Crippen LogP contribution in [0, 0.1) is 5.92 Å². The molecule has 1 spiro atoms. The molecule has 2 aromatic carbocycles. The highest BCUT2D eigenvalue weighted by Gasteiger charge is 2.50. The lowest BCUT2D eigenvalue weighted by atomic mass is 9.76. The van der Waals surface area contributed by atoms with Crippen LogP contribution in [0.5, 0.6) is 17.2 Å². The molecule has 3 aliphatic heterocycles. The van der Waals surface area contributed by atoms with Gasteiger partial charge < -0.3 is 23.8 Å². The Balaban J connectivity index is 1.08. The molecule has 34 heavy (non-hydrogen) atoms. The highest BCUT2D eigenvalue weighted by atomic mass is 16.6. The van der Waals surface area contributed by atoms with Crippen molar-refractivity contribution in [3.63, 3.8) is 0 Å². The normalized spacial score (nSPS) is 26.9. The molecule has 2 fully saturated rings. The van der Waals surface area contributed by atoms with E-state index in [1.165, 1.54) is 18.4 Å². The Labute approximate surface area is 201 Å². The van der Waals surface area contributed by atoms with E-state index in [1.54, 1.807) is 7.11 Å². The Bertz CT molecular complexity index is 1070. The van der Waals surface area contributed by atoms with E-state index in [0.717, 1.165) is 56.5 Å². The van der Waals surface area contributed by atoms with E-state index < -0.39 is 5.60 Å². The third kappa shape index (κ3) is 3.72. The molecule has 2 aromatic rings. The number of hydrogen-bond donors (Lipinski definition) is 0. The number of nitrogens with zero attached hydrogens (tertiary/aromatic N) is 1. The topological polar surface area (TPSA) is 57.2 Å². The van der Waals surface area contributed by atoms with Crippen molar-refractivity contribution < 1.29 is 23.7 Å². The van der Waals surface area contributed by atoms with Crippen molar-refractivity contribution in [3.05, 3.63) is 53.1 Å². The van der Waals surface area contributed by atoms with E-state index in [2.05, 4.69) is 23.1 Å². The molecule has 0 aromatic heterocycles. The summed E-state index contributed by atoms with van der Waals surface area (Å²) in [6.45, 7) is 3.28. The van der Waals surface area contributed by atoms with Crippen molar-refractivity contribution >= 4 is 5.97 Å². The number of piperidine rings is 1. The average Bonchev–Trinajstić information content (AvgIpc) is 3.16. The zero-order valence-electron chi connectivity index (χ0n) is 19.9. The van der Waals surface area contributed by atoms with Gasteiger partial charge in [0.2, 0.25) is 0 Å². The SMILES string of the molecule is COc1ccccc1CC1CCN(C2CCC3(CC2)OC(=O)c2c3ccc3c2OCCO3)CC1. The summed E-state index contributed by atoms with van der Waals surface area (Å²) in [5.74, 6) is 2.69. The Hall–Kier alpha value is -2.73. The number of carbonyl (C=O) groups is 1. The number of hydrogen-bond acceptors (Lipinski definition) is 6. The van der Waals surface area contributed by atoms with Gasteiger partial charge in [-0.25, -0.2) is 4.79 Å².